The highest BCUT2D eigenvalue weighted by Gasteiger charge is 2.46. The molecule has 0 aliphatic heterocycles. The van der Waals surface area contributed by atoms with Crippen LogP contribution in [0.2, 0.25) is 0 Å². The molecule has 4 rings (SSSR count). The summed E-state index contributed by atoms with van der Waals surface area (Å²) in [6.45, 7) is 0.605. The van der Waals surface area contributed by atoms with Crippen molar-refractivity contribution < 1.29 is 52.3 Å². The summed E-state index contributed by atoms with van der Waals surface area (Å²) in [5.41, 5.74) is -3.89. The number of carboxylic acids is 1. The fraction of sp³-hybridized carbons (Fsp3) is 0.500. The molecule has 3 N–H and O–H groups in total. The molecule has 13 heteroatoms. The number of carboxylic acid groups (broad SMARTS) is 1. The molecule has 1 unspecified atom stereocenters. The van der Waals surface area contributed by atoms with Crippen molar-refractivity contribution in [3.63, 3.8) is 0 Å². The van der Waals surface area contributed by atoms with E-state index in [2.05, 4.69) is 5.10 Å². The zero-order valence-electron chi connectivity index (χ0n) is 19.7. The fourth-order valence-electron chi connectivity index (χ4n) is 4.77. The topological polar surface area (TPSA) is 148 Å². The molecule has 1 atom stereocenters. The molecule has 0 bridgehead atoms. The second-order valence-electron chi connectivity index (χ2n) is 9.50. The summed E-state index contributed by atoms with van der Waals surface area (Å²) in [6.07, 6.45) is -4.93. The number of esters is 1. The Labute approximate surface area is 208 Å². The van der Waals surface area contributed by atoms with Gasteiger partial charge in [-0.15, -0.1) is 0 Å². The number of alkyl halides is 3. The van der Waals surface area contributed by atoms with Crippen LogP contribution in [-0.4, -0.2) is 67.2 Å². The molecule has 0 radical (unpaired) electrons. The second kappa shape index (κ2) is 9.78. The summed E-state index contributed by atoms with van der Waals surface area (Å²) in [6, 6.07) is 3.66. The summed E-state index contributed by atoms with van der Waals surface area (Å²) >= 11 is 0. The van der Waals surface area contributed by atoms with Crippen molar-refractivity contribution in [1.82, 2.24) is 9.78 Å². The van der Waals surface area contributed by atoms with E-state index in [0.29, 0.717) is 25.7 Å². The first kappa shape index (κ1) is 26.6. The van der Waals surface area contributed by atoms with Crippen molar-refractivity contribution in [2.45, 2.75) is 69.4 Å². The average Bonchev–Trinajstić information content (AvgIpc) is 3.19. The van der Waals surface area contributed by atoms with Gasteiger partial charge in [-0.25, -0.2) is 14.3 Å². The highest BCUT2D eigenvalue weighted by molar-refractivity contribution is 6.00. The fourth-order valence-corrected chi connectivity index (χ4v) is 4.77. The Morgan fingerprint density at radius 3 is 2.41 bits per heavy atom. The standard InChI is InChI=1S/C24H25F3N2O8/c1-23(35)9-16-20(17(31)10-23)21(24(25,26)27)28-29(16)12-2-7-15(22(33)34)18(8-12)36-13-3-5-14(6-4-13)37-19(32)11-30/h2,7-8,13-14,30,35H,3-6,9-11H2,1H3,(H,33,34)/t13-,14-,23?. The minimum absolute atomic E-state index is 0.0304. The van der Waals surface area contributed by atoms with Crippen LogP contribution in [-0.2, 0) is 22.1 Å². The Hall–Kier alpha value is -3.45. The molecule has 2 aliphatic rings. The van der Waals surface area contributed by atoms with E-state index in [1.807, 2.05) is 0 Å². The molecule has 2 aromatic rings. The van der Waals surface area contributed by atoms with E-state index in [1.165, 1.54) is 25.1 Å². The van der Waals surface area contributed by atoms with Crippen molar-refractivity contribution in [2.24, 2.45) is 0 Å². The number of rotatable bonds is 6. The molecule has 0 amide bonds. The van der Waals surface area contributed by atoms with E-state index >= 15 is 0 Å². The molecule has 1 fully saturated rings. The van der Waals surface area contributed by atoms with Gasteiger partial charge < -0.3 is 24.8 Å². The Balaban J connectivity index is 1.68. The minimum Gasteiger partial charge on any atom is -0.489 e. The SMILES string of the molecule is CC1(O)CC(=O)c2c(C(F)(F)F)nn(-c3ccc(C(=O)O)c(O[C@H]4CC[C@H](OC(=O)CO)CC4)c3)c2C1. The third-order valence-electron chi connectivity index (χ3n) is 6.40. The molecule has 200 valence electrons. The maximum absolute atomic E-state index is 13.7. The summed E-state index contributed by atoms with van der Waals surface area (Å²) in [4.78, 5) is 35.6. The van der Waals surface area contributed by atoms with Gasteiger partial charge in [0.05, 0.1) is 28.6 Å². The number of hydrogen-bond acceptors (Lipinski definition) is 8. The lowest BCUT2D eigenvalue weighted by atomic mass is 9.83. The molecule has 37 heavy (non-hydrogen) atoms. The maximum Gasteiger partial charge on any atom is 0.435 e. The molecule has 1 heterocycles. The van der Waals surface area contributed by atoms with Crippen LogP contribution >= 0.6 is 0 Å². The van der Waals surface area contributed by atoms with Crippen molar-refractivity contribution in [3.8, 4) is 11.4 Å². The summed E-state index contributed by atoms with van der Waals surface area (Å²) < 4.78 is 53.1. The number of nitrogens with zero attached hydrogens (tertiary/aromatic N) is 2. The lowest BCUT2D eigenvalue weighted by Gasteiger charge is -2.29. The average molecular weight is 526 g/mol. The van der Waals surface area contributed by atoms with E-state index in [4.69, 9.17) is 14.6 Å². The molecule has 1 aromatic carbocycles. The van der Waals surface area contributed by atoms with Crippen LogP contribution in [0.1, 0.15) is 71.1 Å². The summed E-state index contributed by atoms with van der Waals surface area (Å²) in [7, 11) is 0. The van der Waals surface area contributed by atoms with Crippen LogP contribution in [0.3, 0.4) is 0 Å². The summed E-state index contributed by atoms with van der Waals surface area (Å²) in [5.74, 6) is -3.05. The van der Waals surface area contributed by atoms with Gasteiger partial charge in [0, 0.05) is 18.9 Å². The first-order valence-electron chi connectivity index (χ1n) is 11.6. The zero-order valence-corrected chi connectivity index (χ0v) is 19.7. The number of carbonyl (C=O) groups excluding carboxylic acids is 2. The number of ketones is 1. The van der Waals surface area contributed by atoms with Gasteiger partial charge in [0.15, 0.2) is 11.5 Å². The first-order chi connectivity index (χ1) is 17.3. The molecule has 1 aromatic heterocycles. The number of hydrogen-bond donors (Lipinski definition) is 3. The zero-order chi connectivity index (χ0) is 27.1. The van der Waals surface area contributed by atoms with E-state index in [9.17, 15) is 37.8 Å². The van der Waals surface area contributed by atoms with Gasteiger partial charge in [0.25, 0.3) is 0 Å². The smallest absolute Gasteiger partial charge is 0.435 e. The van der Waals surface area contributed by atoms with Crippen LogP contribution < -0.4 is 4.74 Å². The highest BCUT2D eigenvalue weighted by Crippen LogP contribution is 2.40. The summed E-state index contributed by atoms with van der Waals surface area (Å²) in [5, 5.41) is 32.6. The Morgan fingerprint density at radius 2 is 1.81 bits per heavy atom. The van der Waals surface area contributed by atoms with Crippen LogP contribution in [0.4, 0.5) is 13.2 Å². The van der Waals surface area contributed by atoms with Crippen molar-refractivity contribution in [3.05, 3.63) is 40.7 Å². The van der Waals surface area contributed by atoms with Gasteiger partial charge >= 0.3 is 18.1 Å². The quantitative estimate of drug-likeness (QED) is 0.483. The highest BCUT2D eigenvalue weighted by atomic mass is 19.4. The number of Topliss-reactive ketones (excluding diaryl/α,β-unsaturated/α-hetero) is 1. The number of fused-ring (bicyclic) bond motifs is 1. The molecule has 10 nitrogen and oxygen atoms in total. The number of benzene rings is 1. The van der Waals surface area contributed by atoms with Gasteiger partial charge in [-0.3, -0.25) is 4.79 Å². The van der Waals surface area contributed by atoms with E-state index in [1.54, 1.807) is 0 Å². The van der Waals surface area contributed by atoms with Gasteiger partial charge in [-0.1, -0.05) is 0 Å². The third kappa shape index (κ3) is 5.62. The Kier molecular flexibility index (Phi) is 7.04. The van der Waals surface area contributed by atoms with Gasteiger partial charge in [-0.05, 0) is 44.7 Å². The number of aliphatic hydroxyl groups excluding tert-OH is 1. The van der Waals surface area contributed by atoms with Gasteiger partial charge in [-0.2, -0.15) is 18.3 Å². The molecular weight excluding hydrogens is 501 g/mol. The van der Waals surface area contributed by atoms with Gasteiger partial charge in [0.2, 0.25) is 0 Å². The van der Waals surface area contributed by atoms with E-state index in [0.717, 1.165) is 4.68 Å². The first-order valence-corrected chi connectivity index (χ1v) is 11.6. The maximum atomic E-state index is 13.7. The van der Waals surface area contributed by atoms with Crippen LogP contribution in [0.25, 0.3) is 5.69 Å². The monoisotopic (exact) mass is 526 g/mol. The number of aliphatic hydroxyl groups is 2. The molecule has 1 saturated carbocycles. The minimum atomic E-state index is -4.92. The molecule has 2 aliphatic carbocycles. The van der Waals surface area contributed by atoms with Crippen LogP contribution in [0.5, 0.6) is 5.75 Å². The lowest BCUT2D eigenvalue weighted by Crippen LogP contribution is -2.36. The number of ether oxygens (including phenoxy) is 2. The lowest BCUT2D eigenvalue weighted by molar-refractivity contribution is -0.154. The van der Waals surface area contributed by atoms with Crippen molar-refractivity contribution >= 4 is 17.7 Å². The Bertz CT molecular complexity index is 1230. The van der Waals surface area contributed by atoms with E-state index in [-0.39, 0.29) is 29.1 Å². The Morgan fingerprint density at radius 1 is 1.16 bits per heavy atom. The van der Waals surface area contributed by atoms with Crippen molar-refractivity contribution in [1.29, 1.82) is 0 Å². The number of carbonyl (C=O) groups is 3. The largest absolute Gasteiger partial charge is 0.489 e. The predicted molar refractivity (Wildman–Crippen MR) is 119 cm³/mol. The van der Waals surface area contributed by atoms with Crippen LogP contribution in [0.15, 0.2) is 18.2 Å². The third-order valence-corrected chi connectivity index (χ3v) is 6.40. The molecule has 0 spiro atoms. The molecule has 0 saturated heterocycles. The predicted octanol–water partition coefficient (Wildman–Crippen LogP) is 2.69. The van der Waals surface area contributed by atoms with Crippen molar-refractivity contribution in [2.75, 3.05) is 6.61 Å². The normalized spacial score (nSPS) is 23.9. The number of aromatic nitrogens is 2. The number of aromatic carboxylic acids is 1. The van der Waals surface area contributed by atoms with Crippen LogP contribution in [0, 0.1) is 0 Å². The van der Waals surface area contributed by atoms with E-state index < -0.39 is 66.0 Å². The second-order valence-corrected chi connectivity index (χ2v) is 9.50. The molecular formula is C24H25F3N2O8. The number of halogens is 3. The van der Waals surface area contributed by atoms with Gasteiger partial charge in [0.1, 0.15) is 24.0 Å².